The molecule has 3 aromatic rings. The van der Waals surface area contributed by atoms with Crippen LogP contribution >= 0.6 is 11.8 Å². The van der Waals surface area contributed by atoms with E-state index in [9.17, 15) is 0 Å². The third-order valence-electron chi connectivity index (χ3n) is 3.90. The minimum absolute atomic E-state index is 0.228. The number of thioether (sulfide) groups is 1. The SMILES string of the molecule is Cc1cccc(-c2nnc(S[C@@H](C)c3ccc(C#N)cc3)n2C)c1. The lowest BCUT2D eigenvalue weighted by molar-refractivity contribution is 0.790. The first-order chi connectivity index (χ1) is 11.6. The minimum Gasteiger partial charge on any atom is -0.305 e. The van der Waals surface area contributed by atoms with Crippen LogP contribution in [-0.2, 0) is 7.05 Å². The number of benzene rings is 2. The lowest BCUT2D eigenvalue weighted by atomic mass is 10.1. The maximum atomic E-state index is 8.89. The second kappa shape index (κ2) is 6.90. The van der Waals surface area contributed by atoms with Gasteiger partial charge in [0, 0.05) is 17.9 Å². The van der Waals surface area contributed by atoms with Gasteiger partial charge in [0.25, 0.3) is 0 Å². The molecule has 0 saturated heterocycles. The van der Waals surface area contributed by atoms with Crippen LogP contribution in [0, 0.1) is 18.3 Å². The van der Waals surface area contributed by atoms with Crippen molar-refractivity contribution in [2.75, 3.05) is 0 Å². The lowest BCUT2D eigenvalue weighted by Gasteiger charge is -2.11. The van der Waals surface area contributed by atoms with Crippen LogP contribution in [0.1, 0.15) is 28.9 Å². The van der Waals surface area contributed by atoms with Crippen molar-refractivity contribution in [1.29, 1.82) is 5.26 Å². The quantitative estimate of drug-likeness (QED) is 0.659. The Morgan fingerprint density at radius 1 is 1.12 bits per heavy atom. The first-order valence-corrected chi connectivity index (χ1v) is 8.59. The van der Waals surface area contributed by atoms with E-state index in [0.717, 1.165) is 16.5 Å². The van der Waals surface area contributed by atoms with Gasteiger partial charge in [0.15, 0.2) is 11.0 Å². The Labute approximate surface area is 146 Å². The highest BCUT2D eigenvalue weighted by atomic mass is 32.2. The van der Waals surface area contributed by atoms with Gasteiger partial charge in [-0.3, -0.25) is 0 Å². The van der Waals surface area contributed by atoms with Gasteiger partial charge in [-0.15, -0.1) is 10.2 Å². The van der Waals surface area contributed by atoms with Crippen LogP contribution < -0.4 is 0 Å². The van der Waals surface area contributed by atoms with E-state index in [1.54, 1.807) is 11.8 Å². The van der Waals surface area contributed by atoms with Gasteiger partial charge in [-0.2, -0.15) is 5.26 Å². The Bertz CT molecular complexity index is 890. The van der Waals surface area contributed by atoms with Crippen molar-refractivity contribution < 1.29 is 0 Å². The summed E-state index contributed by atoms with van der Waals surface area (Å²) < 4.78 is 2.03. The molecule has 0 aliphatic rings. The van der Waals surface area contributed by atoms with Gasteiger partial charge in [-0.05, 0) is 37.6 Å². The summed E-state index contributed by atoms with van der Waals surface area (Å²) in [6.45, 7) is 4.20. The molecule has 0 N–H and O–H groups in total. The number of hydrogen-bond acceptors (Lipinski definition) is 4. The summed E-state index contributed by atoms with van der Waals surface area (Å²) in [6, 6.07) is 18.1. The standard InChI is InChI=1S/C19H18N4S/c1-13-5-4-6-17(11-13)18-21-22-19(23(18)3)24-14(2)16-9-7-15(12-20)8-10-16/h4-11,14H,1-3H3/t14-/m0/s1. The van der Waals surface area contributed by atoms with Crippen LogP contribution in [0.4, 0.5) is 0 Å². The molecular formula is C19H18N4S. The van der Waals surface area contributed by atoms with E-state index in [-0.39, 0.29) is 5.25 Å². The molecule has 0 amide bonds. The van der Waals surface area contributed by atoms with Crippen molar-refractivity contribution in [3.63, 3.8) is 0 Å². The van der Waals surface area contributed by atoms with Crippen molar-refractivity contribution in [1.82, 2.24) is 14.8 Å². The van der Waals surface area contributed by atoms with Crippen molar-refractivity contribution in [2.45, 2.75) is 24.3 Å². The molecule has 0 unspecified atom stereocenters. The molecule has 1 atom stereocenters. The monoisotopic (exact) mass is 334 g/mol. The predicted octanol–water partition coefficient (Wildman–Crippen LogP) is 4.52. The number of rotatable bonds is 4. The van der Waals surface area contributed by atoms with Gasteiger partial charge in [-0.25, -0.2) is 0 Å². The molecule has 0 fully saturated rings. The zero-order valence-electron chi connectivity index (χ0n) is 13.9. The normalized spacial score (nSPS) is 11.9. The summed E-state index contributed by atoms with van der Waals surface area (Å²) in [4.78, 5) is 0. The van der Waals surface area contributed by atoms with Crippen molar-refractivity contribution in [3.05, 3.63) is 65.2 Å². The lowest BCUT2D eigenvalue weighted by Crippen LogP contribution is -1.97. The van der Waals surface area contributed by atoms with Crippen molar-refractivity contribution in [2.24, 2.45) is 7.05 Å². The first kappa shape index (κ1) is 16.3. The molecule has 0 aliphatic heterocycles. The molecular weight excluding hydrogens is 316 g/mol. The number of nitriles is 1. The number of aryl methyl sites for hydroxylation is 1. The van der Waals surface area contributed by atoms with Gasteiger partial charge in [0.2, 0.25) is 0 Å². The van der Waals surface area contributed by atoms with E-state index in [0.29, 0.717) is 5.56 Å². The third kappa shape index (κ3) is 3.34. The molecule has 1 heterocycles. The van der Waals surface area contributed by atoms with Gasteiger partial charge >= 0.3 is 0 Å². The molecule has 120 valence electrons. The highest BCUT2D eigenvalue weighted by Crippen LogP contribution is 2.34. The van der Waals surface area contributed by atoms with Crippen LogP contribution in [-0.4, -0.2) is 14.8 Å². The molecule has 2 aromatic carbocycles. The Hall–Kier alpha value is -2.58. The summed E-state index contributed by atoms with van der Waals surface area (Å²) in [5, 5.41) is 18.7. The highest BCUT2D eigenvalue weighted by Gasteiger charge is 2.15. The fourth-order valence-corrected chi connectivity index (χ4v) is 3.45. The van der Waals surface area contributed by atoms with Crippen molar-refractivity contribution in [3.8, 4) is 17.5 Å². The second-order valence-electron chi connectivity index (χ2n) is 5.73. The predicted molar refractivity (Wildman–Crippen MR) is 96.6 cm³/mol. The molecule has 1 aromatic heterocycles. The number of hydrogen-bond donors (Lipinski definition) is 0. The minimum atomic E-state index is 0.228. The van der Waals surface area contributed by atoms with E-state index in [1.165, 1.54) is 11.1 Å². The van der Waals surface area contributed by atoms with Crippen molar-refractivity contribution >= 4 is 11.8 Å². The zero-order valence-corrected chi connectivity index (χ0v) is 14.7. The zero-order chi connectivity index (χ0) is 17.1. The molecule has 0 bridgehead atoms. The van der Waals surface area contributed by atoms with Gasteiger partial charge in [-0.1, -0.05) is 47.7 Å². The van der Waals surface area contributed by atoms with E-state index in [2.05, 4.69) is 48.3 Å². The first-order valence-electron chi connectivity index (χ1n) is 7.71. The number of nitrogens with zero attached hydrogens (tertiary/aromatic N) is 4. The van der Waals surface area contributed by atoms with E-state index in [1.807, 2.05) is 41.9 Å². The summed E-state index contributed by atoms with van der Waals surface area (Å²) in [5.41, 5.74) is 4.12. The average molecular weight is 334 g/mol. The van der Waals surface area contributed by atoms with Gasteiger partial charge in [0.1, 0.15) is 0 Å². The summed E-state index contributed by atoms with van der Waals surface area (Å²) in [5.74, 6) is 0.869. The molecule has 4 nitrogen and oxygen atoms in total. The maximum Gasteiger partial charge on any atom is 0.191 e. The van der Waals surface area contributed by atoms with E-state index >= 15 is 0 Å². The largest absolute Gasteiger partial charge is 0.305 e. The second-order valence-corrected chi connectivity index (χ2v) is 7.04. The molecule has 0 spiro atoms. The summed E-state index contributed by atoms with van der Waals surface area (Å²) in [6.07, 6.45) is 0. The molecule has 0 saturated carbocycles. The topological polar surface area (TPSA) is 54.5 Å². The Morgan fingerprint density at radius 3 is 2.54 bits per heavy atom. The third-order valence-corrected chi connectivity index (χ3v) is 5.09. The Kier molecular flexibility index (Phi) is 4.68. The van der Waals surface area contributed by atoms with Crippen LogP contribution in [0.25, 0.3) is 11.4 Å². The van der Waals surface area contributed by atoms with Gasteiger partial charge < -0.3 is 4.57 Å². The summed E-state index contributed by atoms with van der Waals surface area (Å²) in [7, 11) is 1.99. The van der Waals surface area contributed by atoms with Crippen LogP contribution in [0.5, 0.6) is 0 Å². The fourth-order valence-electron chi connectivity index (χ4n) is 2.51. The van der Waals surface area contributed by atoms with Gasteiger partial charge in [0.05, 0.1) is 11.6 Å². The molecule has 0 radical (unpaired) electrons. The molecule has 3 rings (SSSR count). The highest BCUT2D eigenvalue weighted by molar-refractivity contribution is 7.99. The molecule has 5 heteroatoms. The average Bonchev–Trinajstić information content (AvgIpc) is 2.95. The van der Waals surface area contributed by atoms with Crippen LogP contribution in [0.3, 0.4) is 0 Å². The Balaban J connectivity index is 1.82. The molecule has 24 heavy (non-hydrogen) atoms. The van der Waals surface area contributed by atoms with Crippen LogP contribution in [0.2, 0.25) is 0 Å². The Morgan fingerprint density at radius 2 is 1.88 bits per heavy atom. The van der Waals surface area contributed by atoms with E-state index < -0.39 is 0 Å². The smallest absolute Gasteiger partial charge is 0.191 e. The molecule has 0 aliphatic carbocycles. The summed E-state index contributed by atoms with van der Waals surface area (Å²) >= 11 is 1.66. The van der Waals surface area contributed by atoms with Crippen LogP contribution in [0.15, 0.2) is 53.7 Å². The fraction of sp³-hybridized carbons (Fsp3) is 0.211. The van der Waals surface area contributed by atoms with E-state index in [4.69, 9.17) is 5.26 Å². The maximum absolute atomic E-state index is 8.89. The number of aromatic nitrogens is 3.